The molecule has 0 atom stereocenters. The molecule has 1 N–H and O–H groups in total. The Bertz CT molecular complexity index is 296. The molecular formula is C10H13NOS. The van der Waals surface area contributed by atoms with Gasteiger partial charge in [0.15, 0.2) is 0 Å². The number of hydrogen-bond donors (Lipinski definition) is 1. The van der Waals surface area contributed by atoms with Gasteiger partial charge >= 0.3 is 0 Å². The van der Waals surface area contributed by atoms with E-state index in [9.17, 15) is 4.79 Å². The molecule has 0 unspecified atom stereocenters. The van der Waals surface area contributed by atoms with Crippen molar-refractivity contribution in [1.82, 2.24) is 4.37 Å². The van der Waals surface area contributed by atoms with Crippen molar-refractivity contribution in [3.63, 3.8) is 0 Å². The highest BCUT2D eigenvalue weighted by atomic mass is 32.1. The van der Waals surface area contributed by atoms with Crippen molar-refractivity contribution in [1.29, 1.82) is 0 Å². The van der Waals surface area contributed by atoms with Crippen LogP contribution < -0.4 is 5.56 Å². The predicted molar refractivity (Wildman–Crippen MR) is 58.1 cm³/mol. The zero-order valence-electron chi connectivity index (χ0n) is 6.44. The molecule has 0 radical (unpaired) electrons. The molecular weight excluding hydrogens is 182 g/mol. The Kier molecular flexibility index (Phi) is 6.55. The van der Waals surface area contributed by atoms with Crippen LogP contribution in [-0.2, 0) is 0 Å². The maximum absolute atomic E-state index is 10.0. The summed E-state index contributed by atoms with van der Waals surface area (Å²) in [4.78, 5) is 10.0. The Balaban J connectivity index is 0.000000206. The summed E-state index contributed by atoms with van der Waals surface area (Å²) in [6.07, 6.45) is 0. The van der Waals surface area contributed by atoms with Gasteiger partial charge in [0.05, 0.1) is 0 Å². The van der Waals surface area contributed by atoms with E-state index in [-0.39, 0.29) is 13.0 Å². The SMILES string of the molecule is C.O=c1ccs[nH]1.c1ccccc1. The standard InChI is InChI=1S/C6H6.C3H3NOS.CH4/c1-2-4-6-5-3-1;5-3-1-2-6-4-3;/h1-6H;1-2H,(H,4,5);1H4. The van der Waals surface area contributed by atoms with Crippen LogP contribution in [0.2, 0.25) is 0 Å². The highest BCUT2D eigenvalue weighted by Crippen LogP contribution is 1.80. The minimum absolute atomic E-state index is 0. The summed E-state index contributed by atoms with van der Waals surface area (Å²) in [5, 5.41) is 1.71. The Morgan fingerprint density at radius 2 is 1.46 bits per heavy atom. The summed E-state index contributed by atoms with van der Waals surface area (Å²) >= 11 is 1.30. The van der Waals surface area contributed by atoms with Crippen LogP contribution in [0.3, 0.4) is 0 Å². The first-order valence-electron chi connectivity index (χ1n) is 3.52. The maximum Gasteiger partial charge on any atom is 0.257 e. The van der Waals surface area contributed by atoms with E-state index in [0.717, 1.165) is 0 Å². The molecule has 0 saturated carbocycles. The van der Waals surface area contributed by atoms with Crippen molar-refractivity contribution in [2.45, 2.75) is 7.43 Å². The van der Waals surface area contributed by atoms with E-state index in [1.165, 1.54) is 17.6 Å². The number of nitrogens with one attached hydrogen (secondary N) is 1. The molecule has 2 rings (SSSR count). The average molecular weight is 195 g/mol. The Hall–Kier alpha value is -1.35. The lowest BCUT2D eigenvalue weighted by atomic mass is 10.4. The van der Waals surface area contributed by atoms with Gasteiger partial charge in [-0.25, -0.2) is 0 Å². The Morgan fingerprint density at radius 1 is 1.00 bits per heavy atom. The molecule has 0 amide bonds. The third-order valence-corrected chi connectivity index (χ3v) is 1.70. The van der Waals surface area contributed by atoms with Crippen molar-refractivity contribution in [2.75, 3.05) is 0 Å². The quantitative estimate of drug-likeness (QED) is 0.689. The van der Waals surface area contributed by atoms with Gasteiger partial charge in [-0.15, -0.1) is 0 Å². The summed E-state index contributed by atoms with van der Waals surface area (Å²) in [6, 6.07) is 13.5. The van der Waals surface area contributed by atoms with Gasteiger partial charge in [0.25, 0.3) is 5.56 Å². The van der Waals surface area contributed by atoms with Gasteiger partial charge < -0.3 is 0 Å². The van der Waals surface area contributed by atoms with Gasteiger partial charge in [0.2, 0.25) is 0 Å². The molecule has 0 fully saturated rings. The van der Waals surface area contributed by atoms with Crippen LogP contribution in [0.25, 0.3) is 0 Å². The molecule has 2 nitrogen and oxygen atoms in total. The van der Waals surface area contributed by atoms with Crippen LogP contribution in [0.15, 0.2) is 52.6 Å². The first kappa shape index (κ1) is 11.6. The number of benzene rings is 1. The minimum Gasteiger partial charge on any atom is -0.278 e. The molecule has 0 aliphatic carbocycles. The fraction of sp³-hybridized carbons (Fsp3) is 0.100. The Morgan fingerprint density at radius 3 is 1.62 bits per heavy atom. The molecule has 1 heterocycles. The molecule has 0 spiro atoms. The summed E-state index contributed by atoms with van der Waals surface area (Å²) in [7, 11) is 0. The molecule has 3 heteroatoms. The second-order valence-corrected chi connectivity index (χ2v) is 2.75. The van der Waals surface area contributed by atoms with Gasteiger partial charge in [-0.05, 0) is 0 Å². The second-order valence-electron chi connectivity index (χ2n) is 2.04. The van der Waals surface area contributed by atoms with Crippen molar-refractivity contribution < 1.29 is 0 Å². The summed E-state index contributed by atoms with van der Waals surface area (Å²) in [5.74, 6) is 0. The van der Waals surface area contributed by atoms with E-state index in [1.807, 2.05) is 36.4 Å². The van der Waals surface area contributed by atoms with E-state index in [1.54, 1.807) is 5.38 Å². The van der Waals surface area contributed by atoms with Gasteiger partial charge in [-0.1, -0.05) is 55.4 Å². The summed E-state index contributed by atoms with van der Waals surface area (Å²) in [6.45, 7) is 0. The molecule has 0 saturated heterocycles. The smallest absolute Gasteiger partial charge is 0.257 e. The van der Waals surface area contributed by atoms with E-state index >= 15 is 0 Å². The highest BCUT2D eigenvalue weighted by Gasteiger charge is 1.72. The number of rotatable bonds is 0. The molecule has 1 aromatic heterocycles. The summed E-state index contributed by atoms with van der Waals surface area (Å²) < 4.78 is 2.49. The van der Waals surface area contributed by atoms with Crippen LogP contribution in [0, 0.1) is 0 Å². The van der Waals surface area contributed by atoms with Crippen LogP contribution in [0.1, 0.15) is 7.43 Å². The van der Waals surface area contributed by atoms with Crippen molar-refractivity contribution in [3.8, 4) is 0 Å². The lowest BCUT2D eigenvalue weighted by molar-refractivity contribution is 1.43. The molecule has 0 aliphatic heterocycles. The number of H-pyrrole nitrogens is 1. The molecule has 0 aliphatic rings. The fourth-order valence-electron chi connectivity index (χ4n) is 0.607. The monoisotopic (exact) mass is 195 g/mol. The highest BCUT2D eigenvalue weighted by molar-refractivity contribution is 7.03. The number of aromatic amines is 1. The second kappa shape index (κ2) is 7.31. The minimum atomic E-state index is -0.0139. The molecule has 13 heavy (non-hydrogen) atoms. The van der Waals surface area contributed by atoms with Gasteiger partial charge in [0, 0.05) is 11.4 Å². The zero-order valence-corrected chi connectivity index (χ0v) is 7.25. The average Bonchev–Trinajstić information content (AvgIpc) is 2.60. The van der Waals surface area contributed by atoms with E-state index in [0.29, 0.717) is 0 Å². The first-order valence-corrected chi connectivity index (χ1v) is 4.40. The largest absolute Gasteiger partial charge is 0.278 e. The van der Waals surface area contributed by atoms with Gasteiger partial charge in [-0.2, -0.15) is 0 Å². The molecule has 1 aromatic carbocycles. The molecule has 0 bridgehead atoms. The fourth-order valence-corrected chi connectivity index (χ4v) is 1.05. The normalized spacial score (nSPS) is 7.69. The summed E-state index contributed by atoms with van der Waals surface area (Å²) in [5.41, 5.74) is -0.0139. The van der Waals surface area contributed by atoms with E-state index in [4.69, 9.17) is 0 Å². The predicted octanol–water partition coefficient (Wildman–Crippen LogP) is 2.76. The third-order valence-electron chi connectivity index (χ3n) is 1.11. The van der Waals surface area contributed by atoms with E-state index < -0.39 is 0 Å². The van der Waals surface area contributed by atoms with Crippen LogP contribution in [-0.4, -0.2) is 4.37 Å². The lowest BCUT2D eigenvalue weighted by Crippen LogP contribution is -1.90. The van der Waals surface area contributed by atoms with Crippen LogP contribution >= 0.6 is 11.5 Å². The molecule has 70 valence electrons. The maximum atomic E-state index is 10.0. The van der Waals surface area contributed by atoms with Crippen LogP contribution in [0.4, 0.5) is 0 Å². The van der Waals surface area contributed by atoms with Crippen molar-refractivity contribution >= 4 is 11.5 Å². The number of hydrogen-bond acceptors (Lipinski definition) is 2. The Labute approximate surface area is 82.0 Å². The molecule has 2 aromatic rings. The zero-order chi connectivity index (χ0) is 8.65. The first-order chi connectivity index (χ1) is 5.89. The number of aromatic nitrogens is 1. The van der Waals surface area contributed by atoms with Gasteiger partial charge in [0.1, 0.15) is 0 Å². The third kappa shape index (κ3) is 5.87. The lowest BCUT2D eigenvalue weighted by Gasteiger charge is -1.69. The van der Waals surface area contributed by atoms with Crippen molar-refractivity contribution in [2.24, 2.45) is 0 Å². The van der Waals surface area contributed by atoms with Crippen molar-refractivity contribution in [3.05, 3.63) is 58.2 Å². The topological polar surface area (TPSA) is 32.9 Å². The van der Waals surface area contributed by atoms with Gasteiger partial charge in [-0.3, -0.25) is 9.17 Å². The van der Waals surface area contributed by atoms with E-state index in [2.05, 4.69) is 4.37 Å². The van der Waals surface area contributed by atoms with Crippen LogP contribution in [0.5, 0.6) is 0 Å².